The number of aromatic nitrogens is 2. The van der Waals surface area contributed by atoms with E-state index < -0.39 is 4.92 Å². The number of aryl methyl sites for hydroxylation is 1. The van der Waals surface area contributed by atoms with Gasteiger partial charge in [-0.15, -0.1) is 0 Å². The Labute approximate surface area is 182 Å². The van der Waals surface area contributed by atoms with Gasteiger partial charge in [-0.1, -0.05) is 13.3 Å². The third-order valence-corrected chi connectivity index (χ3v) is 6.17. The Morgan fingerprint density at radius 2 is 2.06 bits per heavy atom. The molecule has 1 saturated carbocycles. The van der Waals surface area contributed by atoms with Gasteiger partial charge in [0.25, 0.3) is 5.69 Å². The van der Waals surface area contributed by atoms with E-state index in [0.29, 0.717) is 17.7 Å². The van der Waals surface area contributed by atoms with Crippen LogP contribution < -0.4 is 16.0 Å². The second-order valence-corrected chi connectivity index (χ2v) is 8.59. The molecule has 1 aromatic heterocycles. The van der Waals surface area contributed by atoms with Gasteiger partial charge < -0.3 is 16.0 Å². The molecular weight excluding hydrogens is 394 g/mol. The predicted octanol–water partition coefficient (Wildman–Crippen LogP) is 3.73. The molecule has 1 saturated heterocycles. The van der Waals surface area contributed by atoms with Gasteiger partial charge >= 0.3 is 0 Å². The number of nitrogen functional groups attached to an aromatic ring is 1. The summed E-state index contributed by atoms with van der Waals surface area (Å²) in [4.78, 5) is 25.0. The minimum Gasteiger partial charge on any atom is -0.393 e. The SMILES string of the molecule is CCCc1cc(N2CCC[C@@H](N(C)C3CC3)C2)nc(Nc2ccc(N)c([N+](=O)[O-])c2)n1. The number of nitrogens with one attached hydrogen (secondary N) is 1. The molecule has 0 amide bonds. The molecule has 0 bridgehead atoms. The van der Waals surface area contributed by atoms with E-state index in [9.17, 15) is 10.1 Å². The van der Waals surface area contributed by atoms with E-state index in [4.69, 9.17) is 10.7 Å². The van der Waals surface area contributed by atoms with Crippen LogP contribution in [-0.4, -0.2) is 52.0 Å². The van der Waals surface area contributed by atoms with Crippen LogP contribution in [0.3, 0.4) is 0 Å². The van der Waals surface area contributed by atoms with Crippen molar-refractivity contribution < 1.29 is 4.92 Å². The number of nitrogens with two attached hydrogens (primary N) is 1. The van der Waals surface area contributed by atoms with Crippen LogP contribution in [0.25, 0.3) is 0 Å². The largest absolute Gasteiger partial charge is 0.393 e. The highest BCUT2D eigenvalue weighted by Gasteiger charge is 2.33. The third kappa shape index (κ3) is 5.04. The average molecular weight is 426 g/mol. The first kappa shape index (κ1) is 21.3. The maximum absolute atomic E-state index is 11.2. The number of nitro groups is 1. The maximum Gasteiger partial charge on any atom is 0.294 e. The van der Waals surface area contributed by atoms with Crippen molar-refractivity contribution in [2.24, 2.45) is 0 Å². The average Bonchev–Trinajstić information content (AvgIpc) is 3.60. The normalized spacial score (nSPS) is 18.9. The van der Waals surface area contributed by atoms with Crippen LogP contribution in [0.1, 0.15) is 44.7 Å². The third-order valence-electron chi connectivity index (χ3n) is 6.17. The minimum absolute atomic E-state index is 0.128. The topological polar surface area (TPSA) is 113 Å². The minimum atomic E-state index is -0.482. The number of hydrogen-bond acceptors (Lipinski definition) is 8. The monoisotopic (exact) mass is 425 g/mol. The highest BCUT2D eigenvalue weighted by molar-refractivity contribution is 5.68. The quantitative estimate of drug-likeness (QED) is 0.374. The van der Waals surface area contributed by atoms with E-state index in [1.54, 1.807) is 6.07 Å². The Bertz CT molecular complexity index is 947. The number of nitrogens with zero attached hydrogens (tertiary/aromatic N) is 5. The fourth-order valence-electron chi connectivity index (χ4n) is 4.27. The highest BCUT2D eigenvalue weighted by Crippen LogP contribution is 2.31. The molecule has 1 aliphatic heterocycles. The van der Waals surface area contributed by atoms with Gasteiger partial charge in [-0.2, -0.15) is 4.98 Å². The molecular formula is C22H31N7O2. The molecule has 2 aliphatic rings. The van der Waals surface area contributed by atoms with Crippen LogP contribution >= 0.6 is 0 Å². The summed E-state index contributed by atoms with van der Waals surface area (Å²) in [6, 6.07) is 8.03. The van der Waals surface area contributed by atoms with E-state index >= 15 is 0 Å². The summed E-state index contributed by atoms with van der Waals surface area (Å²) in [5.74, 6) is 1.37. The van der Waals surface area contributed by atoms with Gasteiger partial charge in [0.15, 0.2) is 0 Å². The van der Waals surface area contributed by atoms with Crippen molar-refractivity contribution in [3.8, 4) is 0 Å². The zero-order valence-electron chi connectivity index (χ0n) is 18.3. The number of nitro benzene ring substituents is 1. The van der Waals surface area contributed by atoms with E-state index in [2.05, 4.69) is 40.1 Å². The second kappa shape index (κ2) is 9.05. The van der Waals surface area contributed by atoms with Gasteiger partial charge in [0, 0.05) is 48.7 Å². The molecule has 4 rings (SSSR count). The van der Waals surface area contributed by atoms with Crippen LogP contribution in [-0.2, 0) is 6.42 Å². The number of rotatable bonds is 8. The van der Waals surface area contributed by atoms with Crippen LogP contribution in [0.4, 0.5) is 28.8 Å². The highest BCUT2D eigenvalue weighted by atomic mass is 16.6. The van der Waals surface area contributed by atoms with E-state index in [1.807, 2.05) is 0 Å². The van der Waals surface area contributed by atoms with Crippen LogP contribution in [0.15, 0.2) is 24.3 Å². The molecule has 1 aromatic carbocycles. The summed E-state index contributed by atoms with van der Waals surface area (Å²) in [5.41, 5.74) is 7.24. The fourth-order valence-corrected chi connectivity index (χ4v) is 4.27. The molecule has 31 heavy (non-hydrogen) atoms. The van der Waals surface area contributed by atoms with Gasteiger partial charge in [-0.05, 0) is 51.3 Å². The fraction of sp³-hybridized carbons (Fsp3) is 0.545. The molecule has 166 valence electrons. The molecule has 3 N–H and O–H groups in total. The summed E-state index contributed by atoms with van der Waals surface area (Å²) in [6.45, 7) is 4.06. The first-order valence-corrected chi connectivity index (χ1v) is 11.1. The first-order valence-electron chi connectivity index (χ1n) is 11.1. The lowest BCUT2D eigenvalue weighted by Gasteiger charge is -2.38. The predicted molar refractivity (Wildman–Crippen MR) is 123 cm³/mol. The van der Waals surface area contributed by atoms with Gasteiger partial charge in [0.1, 0.15) is 11.5 Å². The van der Waals surface area contributed by atoms with Crippen molar-refractivity contribution in [3.63, 3.8) is 0 Å². The van der Waals surface area contributed by atoms with Crippen molar-refractivity contribution in [2.45, 2.75) is 57.5 Å². The Balaban J connectivity index is 1.57. The number of benzene rings is 1. The number of hydrogen-bond donors (Lipinski definition) is 2. The molecule has 2 fully saturated rings. The molecule has 1 aliphatic carbocycles. The number of anilines is 4. The Hall–Kier alpha value is -2.94. The lowest BCUT2D eigenvalue weighted by Crippen LogP contribution is -2.47. The molecule has 1 atom stereocenters. The Morgan fingerprint density at radius 3 is 2.77 bits per heavy atom. The van der Waals surface area contributed by atoms with Crippen molar-refractivity contribution in [2.75, 3.05) is 36.1 Å². The summed E-state index contributed by atoms with van der Waals surface area (Å²) in [7, 11) is 2.25. The van der Waals surface area contributed by atoms with E-state index in [1.165, 1.54) is 31.4 Å². The Morgan fingerprint density at radius 1 is 1.26 bits per heavy atom. The molecule has 9 nitrogen and oxygen atoms in total. The van der Waals surface area contributed by atoms with E-state index in [-0.39, 0.29) is 11.4 Å². The Kier molecular flexibility index (Phi) is 6.22. The molecule has 2 heterocycles. The van der Waals surface area contributed by atoms with Crippen LogP contribution in [0, 0.1) is 10.1 Å². The maximum atomic E-state index is 11.2. The lowest BCUT2D eigenvalue weighted by atomic mass is 10.0. The van der Waals surface area contributed by atoms with Crippen LogP contribution in [0.5, 0.6) is 0 Å². The molecule has 0 unspecified atom stereocenters. The zero-order chi connectivity index (χ0) is 22.0. The number of piperidine rings is 1. The van der Waals surface area contributed by atoms with Gasteiger partial charge in [-0.25, -0.2) is 4.98 Å². The summed E-state index contributed by atoms with van der Waals surface area (Å²) in [6.07, 6.45) is 6.81. The molecule has 9 heteroatoms. The summed E-state index contributed by atoms with van der Waals surface area (Å²) >= 11 is 0. The summed E-state index contributed by atoms with van der Waals surface area (Å²) < 4.78 is 0. The van der Waals surface area contributed by atoms with Gasteiger partial charge in [0.2, 0.25) is 5.95 Å². The van der Waals surface area contributed by atoms with Crippen molar-refractivity contribution in [3.05, 3.63) is 40.1 Å². The molecule has 0 spiro atoms. The number of likely N-dealkylation sites (N-methyl/N-ethyl adjacent to an activating group) is 1. The standard InChI is InChI=1S/C22H31N7O2/c1-3-5-15-13-21(28-11-4-6-18(14-28)27(2)17-8-9-17)26-22(24-15)25-16-7-10-19(23)20(12-16)29(30)31/h7,10,12-13,17-18H,3-6,8-9,11,14,23H2,1-2H3,(H,24,25,26)/t18-/m1/s1. The summed E-state index contributed by atoms with van der Waals surface area (Å²) in [5, 5.41) is 14.4. The van der Waals surface area contributed by atoms with Crippen LogP contribution in [0.2, 0.25) is 0 Å². The van der Waals surface area contributed by atoms with Gasteiger partial charge in [-0.3, -0.25) is 15.0 Å². The zero-order valence-corrected chi connectivity index (χ0v) is 18.3. The van der Waals surface area contributed by atoms with E-state index in [0.717, 1.165) is 49.9 Å². The molecule has 2 aromatic rings. The smallest absolute Gasteiger partial charge is 0.294 e. The first-order chi connectivity index (χ1) is 14.9. The van der Waals surface area contributed by atoms with Crippen molar-refractivity contribution in [1.29, 1.82) is 0 Å². The molecule has 0 radical (unpaired) electrons. The second-order valence-electron chi connectivity index (χ2n) is 8.59. The lowest BCUT2D eigenvalue weighted by molar-refractivity contribution is -0.383. The van der Waals surface area contributed by atoms with Crippen molar-refractivity contribution >= 4 is 28.8 Å². The van der Waals surface area contributed by atoms with Gasteiger partial charge in [0.05, 0.1) is 4.92 Å². The van der Waals surface area contributed by atoms with Crippen molar-refractivity contribution in [1.82, 2.24) is 14.9 Å².